The number of rotatable bonds is 8. The molecule has 0 bridgehead atoms. The van der Waals surface area contributed by atoms with E-state index >= 15 is 0 Å². The summed E-state index contributed by atoms with van der Waals surface area (Å²) in [6.45, 7) is 5.64. The number of nitro groups is 1. The highest BCUT2D eigenvalue weighted by Crippen LogP contribution is 2.31. The lowest BCUT2D eigenvalue weighted by atomic mass is 9.92. The van der Waals surface area contributed by atoms with Gasteiger partial charge in [-0.3, -0.25) is 14.9 Å². The molecule has 0 amide bonds. The smallest absolute Gasteiger partial charge is 0.382 e. The van der Waals surface area contributed by atoms with Crippen molar-refractivity contribution in [3.8, 4) is 0 Å². The molecule has 0 saturated heterocycles. The van der Waals surface area contributed by atoms with Crippen LogP contribution < -0.4 is 0 Å². The maximum atomic E-state index is 12.4. The van der Waals surface area contributed by atoms with Crippen LogP contribution in [0.4, 0.5) is 0 Å². The minimum absolute atomic E-state index is 0.0548. The number of hydrogen-bond donors (Lipinski definition) is 0. The number of ketones is 1. The molecule has 2 aromatic heterocycles. The van der Waals surface area contributed by atoms with Gasteiger partial charge in [-0.2, -0.15) is 0 Å². The third kappa shape index (κ3) is 5.75. The monoisotopic (exact) mass is 383 g/mol. The molecular formula is C17H21NO5S2. The zero-order valence-corrected chi connectivity index (χ0v) is 16.0. The standard InChI is InChI=1S/C15H15NO5S2.C2H6/c1-2-21-15(18)14(16(19)20)10(12-5-3-7-22-12)9-11(17)13-6-4-8-23-13;1-2/h3-8,10,14H,2,9H2,1H3;1-2H3. The summed E-state index contributed by atoms with van der Waals surface area (Å²) in [5.74, 6) is -1.96. The molecule has 0 aliphatic heterocycles. The van der Waals surface area contributed by atoms with Gasteiger partial charge in [0, 0.05) is 16.2 Å². The minimum Gasteiger partial charge on any atom is -0.461 e. The lowest BCUT2D eigenvalue weighted by Gasteiger charge is -2.18. The average Bonchev–Trinajstić information content (AvgIpc) is 3.29. The molecule has 0 aromatic carbocycles. The van der Waals surface area contributed by atoms with Crippen LogP contribution in [0.15, 0.2) is 35.0 Å². The number of Topliss-reactive ketones (excluding diaryl/α,β-unsaturated/α-hetero) is 1. The summed E-state index contributed by atoms with van der Waals surface area (Å²) in [5.41, 5.74) is 0. The first-order valence-electron chi connectivity index (χ1n) is 7.94. The van der Waals surface area contributed by atoms with Crippen LogP contribution in [0.2, 0.25) is 0 Å². The molecule has 8 heteroatoms. The van der Waals surface area contributed by atoms with Gasteiger partial charge in [-0.15, -0.1) is 22.7 Å². The molecule has 0 N–H and O–H groups in total. The zero-order chi connectivity index (χ0) is 18.8. The number of esters is 1. The van der Waals surface area contributed by atoms with Crippen molar-refractivity contribution in [1.29, 1.82) is 0 Å². The Bertz CT molecular complexity index is 667. The predicted octanol–water partition coefficient (Wildman–Crippen LogP) is 4.40. The molecule has 136 valence electrons. The van der Waals surface area contributed by atoms with Gasteiger partial charge in [0.15, 0.2) is 5.78 Å². The van der Waals surface area contributed by atoms with Gasteiger partial charge in [0.05, 0.1) is 17.4 Å². The third-order valence-corrected chi connectivity index (χ3v) is 5.16. The van der Waals surface area contributed by atoms with E-state index in [1.807, 2.05) is 13.8 Å². The molecule has 2 aromatic rings. The Hall–Kier alpha value is -2.06. The zero-order valence-electron chi connectivity index (χ0n) is 14.3. The van der Waals surface area contributed by atoms with Gasteiger partial charge in [-0.25, -0.2) is 4.79 Å². The minimum atomic E-state index is -1.59. The molecule has 6 nitrogen and oxygen atoms in total. The maximum Gasteiger partial charge on any atom is 0.382 e. The molecule has 0 aliphatic rings. The number of thiophene rings is 2. The fraction of sp³-hybridized carbons (Fsp3) is 0.412. The van der Waals surface area contributed by atoms with Crippen molar-refractivity contribution >= 4 is 34.4 Å². The summed E-state index contributed by atoms with van der Waals surface area (Å²) in [6.07, 6.45) is -0.106. The molecule has 0 radical (unpaired) electrons. The first kappa shape index (κ1) is 21.0. The van der Waals surface area contributed by atoms with Crippen LogP contribution >= 0.6 is 22.7 Å². The van der Waals surface area contributed by atoms with Crippen LogP contribution in [-0.2, 0) is 9.53 Å². The van der Waals surface area contributed by atoms with Gasteiger partial charge >= 0.3 is 12.0 Å². The Morgan fingerprint density at radius 3 is 2.32 bits per heavy atom. The van der Waals surface area contributed by atoms with E-state index in [9.17, 15) is 19.7 Å². The van der Waals surface area contributed by atoms with Crippen LogP contribution in [0.5, 0.6) is 0 Å². The van der Waals surface area contributed by atoms with E-state index in [-0.39, 0.29) is 18.8 Å². The molecule has 0 saturated carbocycles. The third-order valence-electron chi connectivity index (χ3n) is 3.25. The van der Waals surface area contributed by atoms with Gasteiger partial charge in [-0.1, -0.05) is 26.0 Å². The molecule has 2 rings (SSSR count). The van der Waals surface area contributed by atoms with Crippen molar-refractivity contribution in [1.82, 2.24) is 0 Å². The molecule has 0 fully saturated rings. The number of carbonyl (C=O) groups is 2. The SMILES string of the molecule is CC.CCOC(=O)C(C(CC(=O)c1cccs1)c1cccs1)[N+](=O)[O-]. The van der Waals surface area contributed by atoms with Crippen LogP contribution in [0.3, 0.4) is 0 Å². The molecule has 25 heavy (non-hydrogen) atoms. The summed E-state index contributed by atoms with van der Waals surface area (Å²) in [7, 11) is 0. The Labute approximate surface area is 154 Å². The van der Waals surface area contributed by atoms with Crippen molar-refractivity contribution in [2.45, 2.75) is 39.2 Å². The van der Waals surface area contributed by atoms with E-state index in [1.54, 1.807) is 41.9 Å². The van der Waals surface area contributed by atoms with Gasteiger partial charge in [0.25, 0.3) is 0 Å². The number of nitrogens with zero attached hydrogens (tertiary/aromatic N) is 1. The van der Waals surface area contributed by atoms with Crippen molar-refractivity contribution < 1.29 is 19.2 Å². The molecule has 2 unspecified atom stereocenters. The summed E-state index contributed by atoms with van der Waals surface area (Å²) in [4.78, 5) is 36.3. The van der Waals surface area contributed by atoms with Crippen LogP contribution in [-0.4, -0.2) is 29.3 Å². The topological polar surface area (TPSA) is 86.5 Å². The summed E-state index contributed by atoms with van der Waals surface area (Å²) in [6, 6.07) is 5.27. The van der Waals surface area contributed by atoms with E-state index in [2.05, 4.69) is 0 Å². The average molecular weight is 383 g/mol. The van der Waals surface area contributed by atoms with E-state index in [0.717, 1.165) is 0 Å². The van der Waals surface area contributed by atoms with Crippen molar-refractivity contribution in [3.05, 3.63) is 54.9 Å². The normalized spacial score (nSPS) is 12.4. The Morgan fingerprint density at radius 2 is 1.84 bits per heavy atom. The highest BCUT2D eigenvalue weighted by molar-refractivity contribution is 7.12. The lowest BCUT2D eigenvalue weighted by molar-refractivity contribution is -0.514. The highest BCUT2D eigenvalue weighted by Gasteiger charge is 2.42. The summed E-state index contributed by atoms with van der Waals surface area (Å²) >= 11 is 2.57. The second-order valence-electron chi connectivity index (χ2n) is 4.71. The fourth-order valence-electron chi connectivity index (χ4n) is 2.23. The second kappa shape index (κ2) is 10.7. The van der Waals surface area contributed by atoms with E-state index in [0.29, 0.717) is 9.75 Å². The first-order chi connectivity index (χ1) is 12.0. The molecule has 2 heterocycles. The predicted molar refractivity (Wildman–Crippen MR) is 99.1 cm³/mol. The fourth-order valence-corrected chi connectivity index (χ4v) is 3.77. The van der Waals surface area contributed by atoms with E-state index < -0.39 is 22.9 Å². The number of carbonyl (C=O) groups excluding carboxylic acids is 2. The molecular weight excluding hydrogens is 362 g/mol. The number of hydrogen-bond acceptors (Lipinski definition) is 7. The largest absolute Gasteiger partial charge is 0.461 e. The Balaban J connectivity index is 0.00000151. The summed E-state index contributed by atoms with van der Waals surface area (Å²) in [5, 5.41) is 15.0. The molecule has 2 atom stereocenters. The lowest BCUT2D eigenvalue weighted by Crippen LogP contribution is -2.38. The summed E-state index contributed by atoms with van der Waals surface area (Å²) < 4.78 is 4.83. The van der Waals surface area contributed by atoms with Crippen LogP contribution in [0.1, 0.15) is 47.7 Å². The Kier molecular flexibility index (Phi) is 9.01. The van der Waals surface area contributed by atoms with Gasteiger partial charge in [0.2, 0.25) is 0 Å². The first-order valence-corrected chi connectivity index (χ1v) is 9.70. The second-order valence-corrected chi connectivity index (χ2v) is 6.64. The van der Waals surface area contributed by atoms with Crippen LogP contribution in [0.25, 0.3) is 0 Å². The van der Waals surface area contributed by atoms with Gasteiger partial charge < -0.3 is 4.74 Å². The Morgan fingerprint density at radius 1 is 1.20 bits per heavy atom. The number of ether oxygens (including phenoxy) is 1. The van der Waals surface area contributed by atoms with E-state index in [1.165, 1.54) is 22.7 Å². The van der Waals surface area contributed by atoms with E-state index in [4.69, 9.17) is 4.74 Å². The van der Waals surface area contributed by atoms with Crippen molar-refractivity contribution in [3.63, 3.8) is 0 Å². The molecule has 0 spiro atoms. The van der Waals surface area contributed by atoms with Crippen LogP contribution in [0, 0.1) is 10.1 Å². The van der Waals surface area contributed by atoms with Crippen molar-refractivity contribution in [2.75, 3.05) is 6.61 Å². The highest BCUT2D eigenvalue weighted by atomic mass is 32.1. The quantitative estimate of drug-likeness (QED) is 0.292. The van der Waals surface area contributed by atoms with Gasteiger partial charge in [0.1, 0.15) is 0 Å². The van der Waals surface area contributed by atoms with Gasteiger partial charge in [-0.05, 0) is 29.8 Å². The molecule has 0 aliphatic carbocycles. The maximum absolute atomic E-state index is 12.4. The van der Waals surface area contributed by atoms with Crippen molar-refractivity contribution in [2.24, 2.45) is 0 Å².